The lowest BCUT2D eigenvalue weighted by Gasteiger charge is -2.19. The quantitative estimate of drug-likeness (QED) is 0.790. The number of aryl methyl sites for hydroxylation is 2. The maximum Gasteiger partial charge on any atom is 0.422 e. The van der Waals surface area contributed by atoms with Crippen LogP contribution in [0.15, 0.2) is 24.4 Å². The van der Waals surface area contributed by atoms with Crippen molar-refractivity contribution in [1.82, 2.24) is 14.9 Å². The van der Waals surface area contributed by atoms with Crippen LogP contribution in [0.1, 0.15) is 34.1 Å². The smallest absolute Gasteiger partial charge is 0.422 e. The highest BCUT2D eigenvalue weighted by atomic mass is 19.4. The summed E-state index contributed by atoms with van der Waals surface area (Å²) in [6, 6.07) is 4.69. The Bertz CT molecular complexity index is 916. The SMILES string of the molecule is CC(=O)Nc1cc(C(=O)N(C)Cc2cnc(OCC(F)(F)F)c(C)c2)cc(C)n1. The van der Waals surface area contributed by atoms with Crippen molar-refractivity contribution >= 4 is 17.6 Å². The zero-order chi connectivity index (χ0) is 21.8. The molecule has 0 aromatic carbocycles. The number of hydrogen-bond donors (Lipinski definition) is 1. The lowest BCUT2D eigenvalue weighted by molar-refractivity contribution is -0.154. The molecule has 0 bridgehead atoms. The fourth-order valence-electron chi connectivity index (χ4n) is 2.61. The van der Waals surface area contributed by atoms with Gasteiger partial charge in [-0.05, 0) is 37.6 Å². The number of halogens is 3. The van der Waals surface area contributed by atoms with Crippen molar-refractivity contribution in [2.24, 2.45) is 0 Å². The van der Waals surface area contributed by atoms with Gasteiger partial charge in [0.25, 0.3) is 5.91 Å². The molecule has 0 spiro atoms. The lowest BCUT2D eigenvalue weighted by Crippen LogP contribution is -2.27. The molecule has 0 aliphatic carbocycles. The van der Waals surface area contributed by atoms with E-state index in [4.69, 9.17) is 0 Å². The van der Waals surface area contributed by atoms with Crippen molar-refractivity contribution in [3.8, 4) is 5.88 Å². The lowest BCUT2D eigenvalue weighted by atomic mass is 10.1. The minimum Gasteiger partial charge on any atom is -0.468 e. The molecule has 1 N–H and O–H groups in total. The van der Waals surface area contributed by atoms with Gasteiger partial charge in [0.15, 0.2) is 6.61 Å². The Morgan fingerprint density at radius 1 is 1.21 bits per heavy atom. The minimum absolute atomic E-state index is 0.107. The highest BCUT2D eigenvalue weighted by molar-refractivity contribution is 5.96. The van der Waals surface area contributed by atoms with Crippen molar-refractivity contribution < 1.29 is 27.5 Å². The van der Waals surface area contributed by atoms with Gasteiger partial charge in [0.2, 0.25) is 11.8 Å². The standard InChI is InChI=1S/C19H21F3N4O3/c1-11-5-14(8-23-17(11)29-10-19(20,21)22)9-26(4)18(28)15-6-12(2)24-16(7-15)25-13(3)27/h5-8H,9-10H2,1-4H3,(H,24,25,27). The second-order valence-electron chi connectivity index (χ2n) is 6.59. The first-order valence-electron chi connectivity index (χ1n) is 8.61. The number of pyridine rings is 2. The van der Waals surface area contributed by atoms with Gasteiger partial charge in [0.05, 0.1) is 0 Å². The monoisotopic (exact) mass is 410 g/mol. The van der Waals surface area contributed by atoms with Crippen molar-refractivity contribution in [3.63, 3.8) is 0 Å². The molecule has 0 saturated carbocycles. The van der Waals surface area contributed by atoms with E-state index in [1.165, 1.54) is 24.1 Å². The first-order valence-corrected chi connectivity index (χ1v) is 8.61. The van der Waals surface area contributed by atoms with Crippen molar-refractivity contribution in [2.75, 3.05) is 19.0 Å². The van der Waals surface area contributed by atoms with Gasteiger partial charge < -0.3 is 15.0 Å². The third-order valence-electron chi connectivity index (χ3n) is 3.73. The van der Waals surface area contributed by atoms with E-state index in [1.54, 1.807) is 33.0 Å². The Balaban J connectivity index is 2.10. The second kappa shape index (κ2) is 8.89. The molecule has 0 atom stereocenters. The van der Waals surface area contributed by atoms with Gasteiger partial charge in [-0.2, -0.15) is 13.2 Å². The number of amides is 2. The summed E-state index contributed by atoms with van der Waals surface area (Å²) in [6.07, 6.45) is -3.08. The van der Waals surface area contributed by atoms with Gasteiger partial charge in [-0.1, -0.05) is 0 Å². The van der Waals surface area contributed by atoms with Gasteiger partial charge in [-0.3, -0.25) is 9.59 Å². The maximum atomic E-state index is 12.7. The van der Waals surface area contributed by atoms with E-state index in [9.17, 15) is 22.8 Å². The van der Waals surface area contributed by atoms with Crippen molar-refractivity contribution in [1.29, 1.82) is 0 Å². The van der Waals surface area contributed by atoms with Crippen LogP contribution < -0.4 is 10.1 Å². The molecular formula is C19H21F3N4O3. The number of alkyl halides is 3. The number of nitrogens with one attached hydrogen (secondary N) is 1. The third kappa shape index (κ3) is 6.74. The zero-order valence-electron chi connectivity index (χ0n) is 16.4. The summed E-state index contributed by atoms with van der Waals surface area (Å²) >= 11 is 0. The topological polar surface area (TPSA) is 84.4 Å². The average molecular weight is 410 g/mol. The number of anilines is 1. The molecule has 0 saturated heterocycles. The molecule has 0 aliphatic heterocycles. The Morgan fingerprint density at radius 3 is 2.48 bits per heavy atom. The number of aromatic nitrogens is 2. The molecule has 29 heavy (non-hydrogen) atoms. The van der Waals surface area contributed by atoms with Crippen LogP contribution in [0.3, 0.4) is 0 Å². The van der Waals surface area contributed by atoms with Crippen LogP contribution in [0.4, 0.5) is 19.0 Å². The Morgan fingerprint density at radius 2 is 1.90 bits per heavy atom. The molecule has 2 heterocycles. The first kappa shape index (κ1) is 22.1. The summed E-state index contributed by atoms with van der Waals surface area (Å²) in [5.74, 6) is -0.441. The third-order valence-corrected chi connectivity index (χ3v) is 3.73. The number of carbonyl (C=O) groups is 2. The van der Waals surface area contributed by atoms with Crippen LogP contribution in [0.2, 0.25) is 0 Å². The number of rotatable bonds is 6. The number of nitrogens with zero attached hydrogens (tertiary/aromatic N) is 3. The van der Waals surface area contributed by atoms with E-state index < -0.39 is 12.8 Å². The molecule has 2 aromatic heterocycles. The summed E-state index contributed by atoms with van der Waals surface area (Å²) < 4.78 is 41.5. The van der Waals surface area contributed by atoms with Gasteiger partial charge in [-0.25, -0.2) is 9.97 Å². The van der Waals surface area contributed by atoms with E-state index >= 15 is 0 Å². The molecule has 7 nitrogen and oxygen atoms in total. The van der Waals surface area contributed by atoms with Crippen molar-refractivity contribution in [3.05, 3.63) is 46.8 Å². The maximum absolute atomic E-state index is 12.7. The summed E-state index contributed by atoms with van der Waals surface area (Å²) in [5.41, 5.74) is 1.97. The Kier molecular flexibility index (Phi) is 6.78. The molecule has 0 aliphatic rings. The molecular weight excluding hydrogens is 389 g/mol. The van der Waals surface area contributed by atoms with E-state index in [0.29, 0.717) is 22.4 Å². The largest absolute Gasteiger partial charge is 0.468 e. The van der Waals surface area contributed by atoms with Gasteiger partial charge in [-0.15, -0.1) is 0 Å². The zero-order valence-corrected chi connectivity index (χ0v) is 16.4. The van der Waals surface area contributed by atoms with Crippen molar-refractivity contribution in [2.45, 2.75) is 33.5 Å². The van der Waals surface area contributed by atoms with Gasteiger partial charge in [0, 0.05) is 43.5 Å². The molecule has 10 heteroatoms. The fraction of sp³-hybridized carbons (Fsp3) is 0.368. The van der Waals surface area contributed by atoms with Crippen LogP contribution in [-0.4, -0.2) is 46.5 Å². The molecule has 2 aromatic rings. The fourth-order valence-corrected chi connectivity index (χ4v) is 2.61. The highest BCUT2D eigenvalue weighted by Crippen LogP contribution is 2.21. The first-order chi connectivity index (χ1) is 13.4. The predicted molar refractivity (Wildman–Crippen MR) is 99.6 cm³/mol. The number of hydrogen-bond acceptors (Lipinski definition) is 5. The van der Waals surface area contributed by atoms with Gasteiger partial charge >= 0.3 is 6.18 Å². The average Bonchev–Trinajstić information content (AvgIpc) is 2.58. The van der Waals surface area contributed by atoms with E-state index in [0.717, 1.165) is 0 Å². The van der Waals surface area contributed by atoms with Crippen LogP contribution >= 0.6 is 0 Å². The molecule has 0 unspecified atom stereocenters. The molecule has 2 rings (SSSR count). The van der Waals surface area contributed by atoms with Crippen LogP contribution in [-0.2, 0) is 11.3 Å². The van der Waals surface area contributed by atoms with Crippen LogP contribution in [0.5, 0.6) is 5.88 Å². The summed E-state index contributed by atoms with van der Waals surface area (Å²) in [6.45, 7) is 3.39. The summed E-state index contributed by atoms with van der Waals surface area (Å²) in [7, 11) is 1.58. The van der Waals surface area contributed by atoms with Crippen LogP contribution in [0, 0.1) is 13.8 Å². The molecule has 2 amide bonds. The number of carbonyl (C=O) groups excluding carboxylic acids is 2. The van der Waals surface area contributed by atoms with Gasteiger partial charge in [0.1, 0.15) is 5.82 Å². The predicted octanol–water partition coefficient (Wildman–Crippen LogP) is 3.27. The summed E-state index contributed by atoms with van der Waals surface area (Å²) in [4.78, 5) is 33.4. The molecule has 0 radical (unpaired) electrons. The molecule has 0 fully saturated rings. The van der Waals surface area contributed by atoms with E-state index in [-0.39, 0.29) is 30.1 Å². The Hall–Kier alpha value is -3.17. The second-order valence-corrected chi connectivity index (χ2v) is 6.59. The minimum atomic E-state index is -4.45. The van der Waals surface area contributed by atoms with Crippen LogP contribution in [0.25, 0.3) is 0 Å². The van der Waals surface area contributed by atoms with E-state index in [2.05, 4.69) is 20.0 Å². The normalized spacial score (nSPS) is 11.1. The molecule has 156 valence electrons. The highest BCUT2D eigenvalue weighted by Gasteiger charge is 2.29. The van der Waals surface area contributed by atoms with E-state index in [1.807, 2.05) is 0 Å². The number of ether oxygens (including phenoxy) is 1. The summed E-state index contributed by atoms with van der Waals surface area (Å²) in [5, 5.41) is 2.54. The Labute approximate surface area is 165 Å².